The number of nitrogens with one attached hydrogen (secondary N) is 1. The van der Waals surface area contributed by atoms with Gasteiger partial charge in [0.2, 0.25) is 5.91 Å². The van der Waals surface area contributed by atoms with E-state index in [1.165, 1.54) is 12.1 Å². The minimum absolute atomic E-state index is 0.136. The number of halogens is 1. The number of ether oxygens (including phenoxy) is 1. The zero-order chi connectivity index (χ0) is 29.5. The van der Waals surface area contributed by atoms with Gasteiger partial charge < -0.3 is 19.9 Å². The smallest absolute Gasteiger partial charge is 0.255 e. The Morgan fingerprint density at radius 3 is 2.31 bits per heavy atom. The van der Waals surface area contributed by atoms with Crippen molar-refractivity contribution in [3.8, 4) is 5.75 Å². The van der Waals surface area contributed by atoms with Gasteiger partial charge in [0.1, 0.15) is 11.6 Å². The van der Waals surface area contributed by atoms with Gasteiger partial charge in [0, 0.05) is 37.4 Å². The monoisotopic (exact) mass is 565 g/mol. The van der Waals surface area contributed by atoms with Crippen molar-refractivity contribution in [1.29, 1.82) is 0 Å². The summed E-state index contributed by atoms with van der Waals surface area (Å²) in [6, 6.07) is 30.6. The van der Waals surface area contributed by atoms with E-state index in [0.717, 1.165) is 36.3 Å². The van der Waals surface area contributed by atoms with Gasteiger partial charge in [-0.1, -0.05) is 60.7 Å². The van der Waals surface area contributed by atoms with Crippen LogP contribution in [0.2, 0.25) is 0 Å². The van der Waals surface area contributed by atoms with Crippen LogP contribution >= 0.6 is 0 Å². The van der Waals surface area contributed by atoms with E-state index in [1.807, 2.05) is 60.7 Å². The number of hydrogen-bond acceptors (Lipinski definition) is 4. The van der Waals surface area contributed by atoms with Gasteiger partial charge in [-0.15, -0.1) is 0 Å². The standard InChI is InChI=1S/C35H36FN3O3/c1-3-38(28-10-5-4-6-11-28)23-9-22-37-34(40)32-30-12-7-8-13-31(30)35(41)39(24-25-14-18-27(36)19-15-25)33(32)26-16-20-29(42-2)21-17-26/h4-8,10-21,32-33H,3,9,22-24H2,1-2H3,(H,37,40)/t32-,33-/m1/s1. The second kappa shape index (κ2) is 13.3. The van der Waals surface area contributed by atoms with Crippen molar-refractivity contribution >= 4 is 17.5 Å². The minimum atomic E-state index is -0.635. The lowest BCUT2D eigenvalue weighted by atomic mass is 9.79. The molecule has 0 aliphatic carbocycles. The Labute approximate surface area is 246 Å². The van der Waals surface area contributed by atoms with Crippen LogP contribution in [0.15, 0.2) is 103 Å². The molecule has 0 fully saturated rings. The fourth-order valence-corrected chi connectivity index (χ4v) is 5.71. The number of hydrogen-bond donors (Lipinski definition) is 1. The first-order valence-electron chi connectivity index (χ1n) is 14.4. The molecule has 42 heavy (non-hydrogen) atoms. The molecule has 6 nitrogen and oxygen atoms in total. The Bertz CT molecular complexity index is 1490. The summed E-state index contributed by atoms with van der Waals surface area (Å²) < 4.78 is 19.1. The number of amides is 2. The number of rotatable bonds is 11. The van der Waals surface area contributed by atoms with Crippen LogP contribution in [0.1, 0.15) is 52.4 Å². The van der Waals surface area contributed by atoms with Crippen LogP contribution in [0.3, 0.4) is 0 Å². The van der Waals surface area contributed by atoms with Crippen molar-refractivity contribution in [2.45, 2.75) is 31.8 Å². The van der Waals surface area contributed by atoms with Gasteiger partial charge in [-0.3, -0.25) is 9.59 Å². The number of nitrogens with zero attached hydrogens (tertiary/aromatic N) is 2. The van der Waals surface area contributed by atoms with Gasteiger partial charge in [0.05, 0.1) is 19.1 Å². The highest BCUT2D eigenvalue weighted by atomic mass is 19.1. The molecule has 4 aromatic carbocycles. The third-order valence-electron chi connectivity index (χ3n) is 7.85. The second-order valence-corrected chi connectivity index (χ2v) is 10.4. The average Bonchev–Trinajstić information content (AvgIpc) is 3.03. The number of carbonyl (C=O) groups is 2. The third kappa shape index (κ3) is 6.30. The maximum atomic E-state index is 14.1. The van der Waals surface area contributed by atoms with Gasteiger partial charge in [-0.05, 0) is 72.5 Å². The zero-order valence-corrected chi connectivity index (χ0v) is 24.0. The first-order valence-corrected chi connectivity index (χ1v) is 14.4. The van der Waals surface area contributed by atoms with Gasteiger partial charge >= 0.3 is 0 Å². The molecule has 0 unspecified atom stereocenters. The number of anilines is 1. The molecule has 1 aliphatic rings. The second-order valence-electron chi connectivity index (χ2n) is 10.4. The zero-order valence-electron chi connectivity index (χ0n) is 24.0. The van der Waals surface area contributed by atoms with Crippen molar-refractivity contribution in [1.82, 2.24) is 10.2 Å². The summed E-state index contributed by atoms with van der Waals surface area (Å²) in [6.45, 7) is 4.53. The van der Waals surface area contributed by atoms with Gasteiger partial charge in [0.15, 0.2) is 0 Å². The average molecular weight is 566 g/mol. The molecule has 5 rings (SSSR count). The van der Waals surface area contributed by atoms with E-state index in [1.54, 1.807) is 30.2 Å². The Morgan fingerprint density at radius 1 is 0.929 bits per heavy atom. The van der Waals surface area contributed by atoms with Crippen LogP contribution in [-0.2, 0) is 11.3 Å². The van der Waals surface area contributed by atoms with Gasteiger partial charge in [-0.2, -0.15) is 0 Å². The van der Waals surface area contributed by atoms with Crippen LogP contribution in [0.4, 0.5) is 10.1 Å². The lowest BCUT2D eigenvalue weighted by Gasteiger charge is -2.42. The lowest BCUT2D eigenvalue weighted by molar-refractivity contribution is -0.124. The Morgan fingerprint density at radius 2 is 1.62 bits per heavy atom. The highest BCUT2D eigenvalue weighted by Gasteiger charge is 2.44. The van der Waals surface area contributed by atoms with Crippen molar-refractivity contribution in [2.75, 3.05) is 31.6 Å². The van der Waals surface area contributed by atoms with E-state index < -0.39 is 12.0 Å². The Balaban J connectivity index is 1.44. The SMILES string of the molecule is CCN(CCCNC(=O)[C@@H]1c2ccccc2C(=O)N(Cc2ccc(F)cc2)[C@@H]1c1ccc(OC)cc1)c1ccccc1. The van der Waals surface area contributed by atoms with E-state index in [2.05, 4.69) is 29.3 Å². The first kappa shape index (κ1) is 28.9. The van der Waals surface area contributed by atoms with Crippen molar-refractivity contribution < 1.29 is 18.7 Å². The summed E-state index contributed by atoms with van der Waals surface area (Å²) in [6.07, 6.45) is 0.772. The number of carbonyl (C=O) groups excluding carboxylic acids is 2. The van der Waals surface area contributed by atoms with Crippen LogP contribution in [0.25, 0.3) is 0 Å². The number of benzene rings is 4. The molecule has 0 aromatic heterocycles. The fraction of sp³-hybridized carbons (Fsp3) is 0.257. The van der Waals surface area contributed by atoms with E-state index >= 15 is 0 Å². The molecule has 1 N–H and O–H groups in total. The molecule has 0 saturated carbocycles. The van der Waals surface area contributed by atoms with Crippen LogP contribution in [-0.4, -0.2) is 43.5 Å². The highest BCUT2D eigenvalue weighted by Crippen LogP contribution is 2.44. The molecular formula is C35H36FN3O3. The van der Waals surface area contributed by atoms with E-state index in [9.17, 15) is 14.0 Å². The lowest BCUT2D eigenvalue weighted by Crippen LogP contribution is -2.47. The summed E-state index contributed by atoms with van der Waals surface area (Å²) in [5.41, 5.74) is 3.97. The summed E-state index contributed by atoms with van der Waals surface area (Å²) in [5.74, 6) is -0.591. The summed E-state index contributed by atoms with van der Waals surface area (Å²) in [7, 11) is 1.60. The molecule has 7 heteroatoms. The molecule has 1 aliphatic heterocycles. The Hall–Kier alpha value is -4.65. The molecule has 2 atom stereocenters. The maximum Gasteiger partial charge on any atom is 0.255 e. The molecular weight excluding hydrogens is 529 g/mol. The van der Waals surface area contributed by atoms with Crippen LogP contribution in [0, 0.1) is 5.82 Å². The summed E-state index contributed by atoms with van der Waals surface area (Å²) in [5, 5.41) is 3.18. The molecule has 2 amide bonds. The molecule has 0 spiro atoms. The molecule has 0 saturated heterocycles. The normalized spacial score (nSPS) is 16.1. The van der Waals surface area contributed by atoms with Crippen molar-refractivity contribution in [3.05, 3.63) is 131 Å². The highest BCUT2D eigenvalue weighted by molar-refractivity contribution is 6.01. The number of fused-ring (bicyclic) bond motifs is 1. The molecule has 216 valence electrons. The quantitative estimate of drug-likeness (QED) is 0.215. The number of para-hydroxylation sites is 1. The number of methoxy groups -OCH3 is 1. The minimum Gasteiger partial charge on any atom is -0.497 e. The molecule has 4 aromatic rings. The van der Waals surface area contributed by atoms with Crippen molar-refractivity contribution in [2.24, 2.45) is 0 Å². The fourth-order valence-electron chi connectivity index (χ4n) is 5.71. The topological polar surface area (TPSA) is 61.9 Å². The summed E-state index contributed by atoms with van der Waals surface area (Å²) in [4.78, 5) is 32.0. The maximum absolute atomic E-state index is 14.1. The van der Waals surface area contributed by atoms with Crippen molar-refractivity contribution in [3.63, 3.8) is 0 Å². The third-order valence-corrected chi connectivity index (χ3v) is 7.85. The predicted octanol–water partition coefficient (Wildman–Crippen LogP) is 6.35. The van der Waals surface area contributed by atoms with Crippen LogP contribution < -0.4 is 15.0 Å². The largest absolute Gasteiger partial charge is 0.497 e. The van der Waals surface area contributed by atoms with E-state index in [4.69, 9.17) is 4.74 Å². The molecule has 0 radical (unpaired) electrons. The van der Waals surface area contributed by atoms with E-state index in [0.29, 0.717) is 23.4 Å². The molecule has 0 bridgehead atoms. The Kier molecular flexibility index (Phi) is 9.17. The first-order chi connectivity index (χ1) is 20.5. The van der Waals surface area contributed by atoms with Gasteiger partial charge in [0.25, 0.3) is 5.91 Å². The molecule has 1 heterocycles. The summed E-state index contributed by atoms with van der Waals surface area (Å²) >= 11 is 0. The van der Waals surface area contributed by atoms with E-state index in [-0.39, 0.29) is 24.2 Å². The van der Waals surface area contributed by atoms with Gasteiger partial charge in [-0.25, -0.2) is 4.39 Å². The predicted molar refractivity (Wildman–Crippen MR) is 163 cm³/mol. The van der Waals surface area contributed by atoms with Crippen LogP contribution in [0.5, 0.6) is 5.75 Å².